The maximum Gasteiger partial charge on any atom is 0.0803 e. The summed E-state index contributed by atoms with van der Waals surface area (Å²) >= 11 is 1.78. The summed E-state index contributed by atoms with van der Waals surface area (Å²) in [6, 6.07) is 63.2. The molecule has 57 heavy (non-hydrogen) atoms. The van der Waals surface area contributed by atoms with E-state index in [4.69, 9.17) is 4.98 Å². The second kappa shape index (κ2) is 13.8. The van der Waals surface area contributed by atoms with E-state index >= 15 is 0 Å². The Balaban J connectivity index is 1.10. The summed E-state index contributed by atoms with van der Waals surface area (Å²) in [6.45, 7) is 0. The van der Waals surface area contributed by atoms with Crippen LogP contribution in [0.15, 0.2) is 201 Å². The van der Waals surface area contributed by atoms with Gasteiger partial charge < -0.3 is 0 Å². The van der Waals surface area contributed by atoms with Gasteiger partial charge in [-0.15, -0.1) is 11.3 Å². The first-order chi connectivity index (χ1) is 28.3. The van der Waals surface area contributed by atoms with Crippen molar-refractivity contribution >= 4 is 54.6 Å². The minimum atomic E-state index is 0.963. The SMILES string of the molecule is c1ccc(-c2ccc(-c3c4ccccc4c(-c4ccc(-c5nc6ccccc6c6c(-c7cccnc7)sc(-c7cccnc7)c56)cc4)c4ccccc34)cc2)cc1. The molecule has 266 valence electrons. The van der Waals surface area contributed by atoms with Gasteiger partial charge in [-0.1, -0.05) is 158 Å². The van der Waals surface area contributed by atoms with Crippen LogP contribution in [-0.4, -0.2) is 15.0 Å². The lowest BCUT2D eigenvalue weighted by Gasteiger charge is -2.18. The number of fused-ring (bicyclic) bond motifs is 5. The summed E-state index contributed by atoms with van der Waals surface area (Å²) in [5.41, 5.74) is 12.5. The second-order valence-corrected chi connectivity index (χ2v) is 15.4. The quantitative estimate of drug-likeness (QED) is 0.159. The Labute approximate surface area is 334 Å². The average molecular weight is 744 g/mol. The maximum absolute atomic E-state index is 5.41. The van der Waals surface area contributed by atoms with Gasteiger partial charge in [0.1, 0.15) is 0 Å². The van der Waals surface area contributed by atoms with Crippen molar-refractivity contribution in [2.24, 2.45) is 0 Å². The molecule has 4 heteroatoms. The van der Waals surface area contributed by atoms with E-state index in [0.29, 0.717) is 0 Å². The van der Waals surface area contributed by atoms with Crippen LogP contribution >= 0.6 is 11.3 Å². The third kappa shape index (κ3) is 5.61. The fourth-order valence-corrected chi connectivity index (χ4v) is 9.78. The summed E-state index contributed by atoms with van der Waals surface area (Å²) < 4.78 is 0. The van der Waals surface area contributed by atoms with Gasteiger partial charge in [0.15, 0.2) is 0 Å². The van der Waals surface area contributed by atoms with Gasteiger partial charge >= 0.3 is 0 Å². The number of benzene rings is 7. The van der Waals surface area contributed by atoms with Gasteiger partial charge in [-0.25, -0.2) is 4.98 Å². The molecule has 0 atom stereocenters. The Morgan fingerprint density at radius 2 is 0.737 bits per heavy atom. The molecule has 11 aromatic rings. The highest BCUT2D eigenvalue weighted by Gasteiger charge is 2.23. The van der Waals surface area contributed by atoms with Crippen LogP contribution in [0.25, 0.3) is 109 Å². The lowest BCUT2D eigenvalue weighted by atomic mass is 9.85. The Bertz CT molecular complexity index is 3190. The smallest absolute Gasteiger partial charge is 0.0803 e. The van der Waals surface area contributed by atoms with Crippen LogP contribution in [0.4, 0.5) is 0 Å². The van der Waals surface area contributed by atoms with E-state index in [-0.39, 0.29) is 0 Å². The molecular formula is C53H33N3S. The van der Waals surface area contributed by atoms with E-state index in [1.165, 1.54) is 65.2 Å². The summed E-state index contributed by atoms with van der Waals surface area (Å²) in [7, 11) is 0. The van der Waals surface area contributed by atoms with Crippen LogP contribution in [0.5, 0.6) is 0 Å². The van der Waals surface area contributed by atoms with Crippen molar-refractivity contribution in [3.8, 4) is 65.5 Å². The van der Waals surface area contributed by atoms with Crippen molar-refractivity contribution in [2.75, 3.05) is 0 Å². The molecular weight excluding hydrogens is 711 g/mol. The fraction of sp³-hybridized carbons (Fsp3) is 0. The molecule has 3 nitrogen and oxygen atoms in total. The standard InChI is InChI=1S/C53H33N3S/c1-2-12-34(13-3-1)35-22-24-36(25-23-35)47-41-16-4-6-18-43(41)48(44-19-7-5-17-42(44)47)37-26-28-38(29-27-37)51-50-49(45-20-8-9-21-46(45)56-51)52(39-14-10-30-54-32-39)57-53(50)40-15-11-31-55-33-40/h1-33H. The van der Waals surface area contributed by atoms with Crippen LogP contribution in [0.1, 0.15) is 0 Å². The van der Waals surface area contributed by atoms with Gasteiger partial charge in [-0.3, -0.25) is 9.97 Å². The molecule has 11 rings (SSSR count). The van der Waals surface area contributed by atoms with Gasteiger partial charge in [0, 0.05) is 67.4 Å². The molecule has 0 aliphatic rings. The lowest BCUT2D eigenvalue weighted by molar-refractivity contribution is 1.34. The molecule has 0 bridgehead atoms. The third-order valence-electron chi connectivity index (χ3n) is 11.1. The summed E-state index contributed by atoms with van der Waals surface area (Å²) in [4.78, 5) is 16.8. The third-order valence-corrected chi connectivity index (χ3v) is 12.3. The minimum Gasteiger partial charge on any atom is -0.264 e. The van der Waals surface area contributed by atoms with Crippen molar-refractivity contribution in [3.05, 3.63) is 201 Å². The van der Waals surface area contributed by atoms with Gasteiger partial charge in [0.25, 0.3) is 0 Å². The van der Waals surface area contributed by atoms with Crippen LogP contribution < -0.4 is 0 Å². The normalized spacial score (nSPS) is 11.5. The molecule has 7 aromatic carbocycles. The number of pyridine rings is 3. The average Bonchev–Trinajstić information content (AvgIpc) is 3.70. The van der Waals surface area contributed by atoms with Crippen molar-refractivity contribution < 1.29 is 0 Å². The first-order valence-electron chi connectivity index (χ1n) is 19.2. The first-order valence-corrected chi connectivity index (χ1v) is 20.0. The molecule has 4 aromatic heterocycles. The predicted molar refractivity (Wildman–Crippen MR) is 240 cm³/mol. The largest absolute Gasteiger partial charge is 0.264 e. The number of aromatic nitrogens is 3. The van der Waals surface area contributed by atoms with Crippen molar-refractivity contribution in [2.45, 2.75) is 0 Å². The number of thiophene rings is 1. The van der Waals surface area contributed by atoms with Gasteiger partial charge in [0.05, 0.1) is 11.2 Å². The van der Waals surface area contributed by atoms with Crippen LogP contribution in [0.2, 0.25) is 0 Å². The second-order valence-electron chi connectivity index (χ2n) is 14.3. The summed E-state index contributed by atoms with van der Waals surface area (Å²) in [5, 5.41) is 8.40. The van der Waals surface area contributed by atoms with Crippen LogP contribution in [-0.2, 0) is 0 Å². The predicted octanol–water partition coefficient (Wildman–Crippen LogP) is 14.5. The van der Waals surface area contributed by atoms with Crippen molar-refractivity contribution in [3.63, 3.8) is 0 Å². The van der Waals surface area contributed by atoms with E-state index in [9.17, 15) is 0 Å². The number of rotatable bonds is 6. The van der Waals surface area contributed by atoms with E-state index in [1.54, 1.807) is 11.3 Å². The molecule has 0 fully saturated rings. The van der Waals surface area contributed by atoms with E-state index in [1.807, 2.05) is 36.9 Å². The molecule has 0 N–H and O–H groups in total. The highest BCUT2D eigenvalue weighted by Crippen LogP contribution is 2.50. The number of nitrogens with zero attached hydrogens (tertiary/aromatic N) is 3. The zero-order valence-electron chi connectivity index (χ0n) is 30.8. The maximum atomic E-state index is 5.41. The lowest BCUT2D eigenvalue weighted by Crippen LogP contribution is -1.92. The summed E-state index contributed by atoms with van der Waals surface area (Å²) in [5.74, 6) is 0. The number of para-hydroxylation sites is 1. The van der Waals surface area contributed by atoms with E-state index in [0.717, 1.165) is 43.6 Å². The van der Waals surface area contributed by atoms with E-state index < -0.39 is 0 Å². The van der Waals surface area contributed by atoms with Gasteiger partial charge in [0.2, 0.25) is 0 Å². The Morgan fingerprint density at radius 1 is 0.316 bits per heavy atom. The topological polar surface area (TPSA) is 38.7 Å². The fourth-order valence-electron chi connectivity index (χ4n) is 8.49. The van der Waals surface area contributed by atoms with Crippen LogP contribution in [0, 0.1) is 0 Å². The molecule has 0 saturated heterocycles. The van der Waals surface area contributed by atoms with E-state index in [2.05, 4.69) is 174 Å². The molecule has 0 aliphatic carbocycles. The van der Waals surface area contributed by atoms with Crippen LogP contribution in [0.3, 0.4) is 0 Å². The minimum absolute atomic E-state index is 0.963. The highest BCUT2D eigenvalue weighted by atomic mass is 32.1. The van der Waals surface area contributed by atoms with Crippen molar-refractivity contribution in [1.29, 1.82) is 0 Å². The molecule has 0 saturated carbocycles. The molecule has 0 radical (unpaired) electrons. The van der Waals surface area contributed by atoms with Crippen molar-refractivity contribution in [1.82, 2.24) is 15.0 Å². The first kappa shape index (κ1) is 33.1. The Hall–Kier alpha value is -7.27. The number of hydrogen-bond donors (Lipinski definition) is 0. The Morgan fingerprint density at radius 3 is 1.26 bits per heavy atom. The highest BCUT2D eigenvalue weighted by molar-refractivity contribution is 7.21. The number of hydrogen-bond acceptors (Lipinski definition) is 4. The summed E-state index contributed by atoms with van der Waals surface area (Å²) in [6.07, 6.45) is 7.58. The molecule has 0 unspecified atom stereocenters. The zero-order valence-corrected chi connectivity index (χ0v) is 31.6. The molecule has 0 amide bonds. The molecule has 0 aliphatic heterocycles. The Kier molecular flexibility index (Phi) is 8.01. The zero-order chi connectivity index (χ0) is 37.7. The molecule has 4 heterocycles. The molecule has 0 spiro atoms. The monoisotopic (exact) mass is 743 g/mol. The van der Waals surface area contributed by atoms with Gasteiger partial charge in [-0.2, -0.15) is 0 Å². The van der Waals surface area contributed by atoms with Gasteiger partial charge in [-0.05, 0) is 73.1 Å².